The number of benzene rings is 9. The lowest BCUT2D eigenvalue weighted by Crippen LogP contribution is -1.75. The van der Waals surface area contributed by atoms with Crippen LogP contribution in [-0.4, -0.2) is 55.3 Å². The van der Waals surface area contributed by atoms with E-state index in [0.29, 0.717) is 0 Å². The van der Waals surface area contributed by atoms with Crippen molar-refractivity contribution in [2.45, 2.75) is 0 Å². The summed E-state index contributed by atoms with van der Waals surface area (Å²) < 4.78 is 0. The first kappa shape index (κ1) is 55.5. The molecule has 11 nitrogen and oxygen atoms in total. The lowest BCUT2D eigenvalue weighted by Gasteiger charge is -2.02. The highest BCUT2D eigenvalue weighted by molar-refractivity contribution is 6.07. The molecule has 11 heteroatoms. The Morgan fingerprint density at radius 1 is 0.221 bits per heavy atom. The fourth-order valence-corrected chi connectivity index (χ4v) is 6.83. The zero-order valence-corrected chi connectivity index (χ0v) is 42.4. The molecular formula is C66H59N11. The Morgan fingerprint density at radius 3 is 0.857 bits per heavy atom. The van der Waals surface area contributed by atoms with Crippen LogP contribution >= 0.6 is 0 Å². The molecule has 15 rings (SSSR count). The quantitative estimate of drug-likeness (QED) is 0.100. The van der Waals surface area contributed by atoms with Gasteiger partial charge < -0.3 is 4.98 Å². The van der Waals surface area contributed by atoms with Crippen LogP contribution in [0.5, 0.6) is 0 Å². The summed E-state index contributed by atoms with van der Waals surface area (Å²) in [6, 6.07) is 84.7. The van der Waals surface area contributed by atoms with Crippen LogP contribution in [0.3, 0.4) is 0 Å². The lowest BCUT2D eigenvalue weighted by molar-refractivity contribution is 1.09. The SMILES string of the molecule is c1cc[nH]c1.c1ccc2c(c1)ccc1ccccc12.c1ccc2cc3ccccc3cc2c1.c1ccc2ccccc2c1.c1ccccc1.c1ccncc1.c1cn[nH]c1.c1cnccn1.c1cncnc1.c1nc[nH]n1. The van der Waals surface area contributed by atoms with Crippen molar-refractivity contribution in [3.8, 4) is 0 Å². The average Bonchev–Trinajstić information content (AvgIpc) is 4.42. The Balaban J connectivity index is 0.000000143. The fourth-order valence-electron chi connectivity index (χ4n) is 6.83. The van der Waals surface area contributed by atoms with Crippen molar-refractivity contribution in [2.75, 3.05) is 0 Å². The number of hydrogen-bond acceptors (Lipinski definition) is 8. The summed E-state index contributed by atoms with van der Waals surface area (Å²) in [5.41, 5.74) is 0. The van der Waals surface area contributed by atoms with Crippen molar-refractivity contribution in [1.82, 2.24) is 55.3 Å². The summed E-state index contributed by atoms with van der Waals surface area (Å²) in [5, 5.41) is 25.4. The Morgan fingerprint density at radius 2 is 0.610 bits per heavy atom. The lowest BCUT2D eigenvalue weighted by atomic mass is 10.0. The van der Waals surface area contributed by atoms with Crippen LogP contribution < -0.4 is 0 Å². The number of hydrogen-bond donors (Lipinski definition) is 3. The third kappa shape index (κ3) is 22.7. The predicted molar refractivity (Wildman–Crippen MR) is 317 cm³/mol. The number of pyridine rings is 1. The first-order valence-corrected chi connectivity index (χ1v) is 24.6. The monoisotopic (exact) mass is 1010 g/mol. The van der Waals surface area contributed by atoms with Crippen molar-refractivity contribution in [3.05, 3.63) is 342 Å². The zero-order chi connectivity index (χ0) is 53.1. The molecular weight excluding hydrogens is 947 g/mol. The third-order valence-electron chi connectivity index (χ3n) is 10.3. The Bertz CT molecular complexity index is 3110. The van der Waals surface area contributed by atoms with Gasteiger partial charge in [-0.3, -0.25) is 25.1 Å². The first-order chi connectivity index (χ1) is 38.3. The van der Waals surface area contributed by atoms with Gasteiger partial charge in [-0.25, -0.2) is 15.0 Å². The molecule has 378 valence electrons. The number of rotatable bonds is 0. The second kappa shape index (κ2) is 36.2. The van der Waals surface area contributed by atoms with Gasteiger partial charge >= 0.3 is 0 Å². The topological polar surface area (TPSA) is 150 Å². The summed E-state index contributed by atoms with van der Waals surface area (Å²) in [7, 11) is 0. The highest BCUT2D eigenvalue weighted by Crippen LogP contribution is 2.25. The molecule has 9 aromatic carbocycles. The van der Waals surface area contributed by atoms with Gasteiger partial charge in [0, 0.05) is 74.4 Å². The van der Waals surface area contributed by atoms with Gasteiger partial charge in [-0.1, -0.05) is 200 Å². The molecule has 0 saturated heterocycles. The average molecular weight is 1010 g/mol. The molecule has 0 bridgehead atoms. The molecule has 77 heavy (non-hydrogen) atoms. The van der Waals surface area contributed by atoms with Crippen molar-refractivity contribution in [1.29, 1.82) is 0 Å². The molecule has 0 unspecified atom stereocenters. The minimum atomic E-state index is 1.31. The first-order valence-electron chi connectivity index (χ1n) is 24.6. The van der Waals surface area contributed by atoms with Crippen molar-refractivity contribution in [2.24, 2.45) is 0 Å². The molecule has 6 heterocycles. The van der Waals surface area contributed by atoms with E-state index in [9.17, 15) is 0 Å². The Kier molecular flexibility index (Phi) is 26.1. The predicted octanol–water partition coefficient (Wildman–Crippen LogP) is 15.8. The van der Waals surface area contributed by atoms with E-state index >= 15 is 0 Å². The van der Waals surface area contributed by atoms with Crippen LogP contribution in [0.25, 0.3) is 53.9 Å². The summed E-state index contributed by atoms with van der Waals surface area (Å²) in [6.07, 6.45) is 25.1. The van der Waals surface area contributed by atoms with Gasteiger partial charge in [0.05, 0.1) is 0 Å². The molecule has 0 atom stereocenters. The van der Waals surface area contributed by atoms with E-state index in [1.165, 1.54) is 72.8 Å². The Labute approximate surface area is 449 Å². The summed E-state index contributed by atoms with van der Waals surface area (Å²) in [6.45, 7) is 0. The normalized spacial score (nSPS) is 9.30. The van der Waals surface area contributed by atoms with Crippen LogP contribution in [0.2, 0.25) is 0 Å². The van der Waals surface area contributed by atoms with E-state index in [2.05, 4.69) is 225 Å². The van der Waals surface area contributed by atoms with Gasteiger partial charge in [-0.2, -0.15) is 10.2 Å². The maximum absolute atomic E-state index is 3.78. The highest BCUT2D eigenvalue weighted by Gasteiger charge is 1.98. The minimum Gasteiger partial charge on any atom is -0.368 e. The van der Waals surface area contributed by atoms with Crippen molar-refractivity contribution >= 4 is 53.9 Å². The molecule has 0 spiro atoms. The smallest absolute Gasteiger partial charge is 0.137 e. The van der Waals surface area contributed by atoms with Gasteiger partial charge in [0.15, 0.2) is 0 Å². The molecule has 15 aromatic rings. The zero-order valence-electron chi connectivity index (χ0n) is 42.4. The Hall–Kier alpha value is -10.8. The standard InChI is InChI=1S/2C14H10.C10H8.C6H6.C5H5N.2C4H4N2.C4H5N.C3H4N2.C2H3N3/c1-3-7-13-11(5-1)9-10-12-6-2-4-8-14(12)13;1-2-6-12-10-14-8-4-3-7-13(14)9-11(12)5-1;1-2-6-10-8-4-3-7-9(10)5-1;2*1-2-4-6-5-3-1;1-2-6-4-3-5-1;1-2-5-4-6-3-1;2*1-2-4-5-3-1;1-3-2-5-4-1/h2*1-10H;1-8H;1-6H;1-5H;2*1-4H;1-5H;1-3H,(H,4,5);1-2H,(H,3,4,5). The summed E-state index contributed by atoms with van der Waals surface area (Å²) >= 11 is 0. The molecule has 0 aliphatic carbocycles. The van der Waals surface area contributed by atoms with Crippen LogP contribution in [0.1, 0.15) is 0 Å². The number of H-pyrrole nitrogens is 3. The summed E-state index contributed by atoms with van der Waals surface area (Å²) in [4.78, 5) is 25.0. The molecule has 0 saturated carbocycles. The van der Waals surface area contributed by atoms with E-state index in [-0.39, 0.29) is 0 Å². The summed E-state index contributed by atoms with van der Waals surface area (Å²) in [5.74, 6) is 0. The van der Waals surface area contributed by atoms with Crippen LogP contribution in [-0.2, 0) is 0 Å². The van der Waals surface area contributed by atoms with Crippen LogP contribution in [0, 0.1) is 0 Å². The minimum absolute atomic E-state index is 1.31. The number of nitrogens with one attached hydrogen (secondary N) is 3. The van der Waals surface area contributed by atoms with Gasteiger partial charge in [0.25, 0.3) is 0 Å². The van der Waals surface area contributed by atoms with Crippen LogP contribution in [0.4, 0.5) is 0 Å². The fraction of sp³-hybridized carbons (Fsp3) is 0. The number of aromatic nitrogens is 11. The van der Waals surface area contributed by atoms with Gasteiger partial charge in [0.1, 0.15) is 19.0 Å². The maximum atomic E-state index is 3.78. The second-order valence-electron chi connectivity index (χ2n) is 15.7. The van der Waals surface area contributed by atoms with Gasteiger partial charge in [-0.15, -0.1) is 0 Å². The van der Waals surface area contributed by atoms with E-state index in [1.807, 2.05) is 85.2 Å². The molecule has 6 aromatic heterocycles. The maximum Gasteiger partial charge on any atom is 0.137 e. The molecule has 0 amide bonds. The van der Waals surface area contributed by atoms with E-state index < -0.39 is 0 Å². The van der Waals surface area contributed by atoms with Crippen LogP contribution in [0.15, 0.2) is 342 Å². The van der Waals surface area contributed by atoms with Gasteiger partial charge in [-0.05, 0) is 102 Å². The molecule has 0 fully saturated rings. The highest BCUT2D eigenvalue weighted by atomic mass is 15.2. The third-order valence-corrected chi connectivity index (χ3v) is 10.3. The molecule has 3 N–H and O–H groups in total. The van der Waals surface area contributed by atoms with E-state index in [1.54, 1.807) is 68.0 Å². The van der Waals surface area contributed by atoms with Gasteiger partial charge in [0.2, 0.25) is 0 Å². The van der Waals surface area contributed by atoms with Crippen molar-refractivity contribution < 1.29 is 0 Å². The van der Waals surface area contributed by atoms with E-state index in [0.717, 1.165) is 0 Å². The second-order valence-corrected chi connectivity index (χ2v) is 15.7. The largest absolute Gasteiger partial charge is 0.368 e. The number of aromatic amines is 3. The molecule has 0 aliphatic heterocycles. The molecule has 0 aliphatic rings. The van der Waals surface area contributed by atoms with E-state index in [4.69, 9.17) is 0 Å². The number of fused-ring (bicyclic) bond motifs is 6. The molecule has 0 radical (unpaired) electrons. The number of nitrogens with zero attached hydrogens (tertiary/aromatic N) is 8. The van der Waals surface area contributed by atoms with Crippen molar-refractivity contribution in [3.63, 3.8) is 0 Å².